The summed E-state index contributed by atoms with van der Waals surface area (Å²) in [5, 5.41) is 8.37. The molecule has 0 aliphatic carbocycles. The Morgan fingerprint density at radius 2 is 1.96 bits per heavy atom. The van der Waals surface area contributed by atoms with Gasteiger partial charge >= 0.3 is 0 Å². The molecular weight excluding hydrogens is 307 g/mol. The molecule has 24 heavy (non-hydrogen) atoms. The summed E-state index contributed by atoms with van der Waals surface area (Å²) in [7, 11) is 0. The number of benzene rings is 1. The molecule has 0 saturated heterocycles. The van der Waals surface area contributed by atoms with E-state index < -0.39 is 0 Å². The molecule has 0 fully saturated rings. The van der Waals surface area contributed by atoms with Crippen molar-refractivity contribution in [2.45, 2.75) is 6.54 Å². The summed E-state index contributed by atoms with van der Waals surface area (Å²) in [6.45, 7) is 0.611. The van der Waals surface area contributed by atoms with E-state index in [1.54, 1.807) is 35.4 Å². The van der Waals surface area contributed by atoms with Gasteiger partial charge in [0.05, 0.1) is 17.3 Å². The molecule has 7 heteroatoms. The fourth-order valence-corrected chi connectivity index (χ4v) is 2.47. The standard InChI is InChI=1S/C17H13FN6/c18-13-2-1-3-14(8-13)24-17-15(10-23-24)16(21-11-22-17)20-9-12-4-6-19-7-5-12/h1-8,10-11H,9H2,(H,20,21,22). The number of nitrogens with one attached hydrogen (secondary N) is 1. The second-order valence-corrected chi connectivity index (χ2v) is 5.20. The first-order chi connectivity index (χ1) is 11.8. The third-order valence-electron chi connectivity index (χ3n) is 3.63. The molecule has 0 aliphatic heterocycles. The number of anilines is 1. The van der Waals surface area contributed by atoms with E-state index in [1.165, 1.54) is 18.5 Å². The molecule has 0 bridgehead atoms. The van der Waals surface area contributed by atoms with E-state index in [0.29, 0.717) is 23.7 Å². The Bertz CT molecular complexity index is 983. The Balaban J connectivity index is 1.69. The lowest BCUT2D eigenvalue weighted by molar-refractivity contribution is 0.625. The molecule has 4 rings (SSSR count). The van der Waals surface area contributed by atoms with Crippen molar-refractivity contribution in [2.75, 3.05) is 5.32 Å². The normalized spacial score (nSPS) is 10.9. The molecule has 0 atom stereocenters. The molecule has 0 radical (unpaired) electrons. The number of hydrogen-bond acceptors (Lipinski definition) is 5. The van der Waals surface area contributed by atoms with Crippen LogP contribution in [-0.4, -0.2) is 24.7 Å². The van der Waals surface area contributed by atoms with Crippen molar-refractivity contribution >= 4 is 16.9 Å². The number of pyridine rings is 1. The molecular formula is C17H13FN6. The van der Waals surface area contributed by atoms with Crippen LogP contribution in [0.4, 0.5) is 10.2 Å². The third-order valence-corrected chi connectivity index (χ3v) is 3.63. The van der Waals surface area contributed by atoms with Crippen molar-refractivity contribution in [1.29, 1.82) is 0 Å². The molecule has 0 saturated carbocycles. The van der Waals surface area contributed by atoms with Gasteiger partial charge in [-0.25, -0.2) is 19.0 Å². The largest absolute Gasteiger partial charge is 0.365 e. The van der Waals surface area contributed by atoms with Gasteiger partial charge in [0.2, 0.25) is 0 Å². The maximum atomic E-state index is 13.5. The van der Waals surface area contributed by atoms with Gasteiger partial charge in [-0.2, -0.15) is 5.10 Å². The second kappa shape index (κ2) is 6.04. The van der Waals surface area contributed by atoms with Crippen LogP contribution < -0.4 is 5.32 Å². The van der Waals surface area contributed by atoms with Gasteiger partial charge in [-0.05, 0) is 35.9 Å². The zero-order valence-electron chi connectivity index (χ0n) is 12.6. The summed E-state index contributed by atoms with van der Waals surface area (Å²) in [5.74, 6) is 0.362. The van der Waals surface area contributed by atoms with Crippen LogP contribution >= 0.6 is 0 Å². The summed E-state index contributed by atoms with van der Waals surface area (Å²) in [6.07, 6.45) is 6.63. The smallest absolute Gasteiger partial charge is 0.168 e. The van der Waals surface area contributed by atoms with Gasteiger partial charge in [0.1, 0.15) is 18.0 Å². The fourth-order valence-electron chi connectivity index (χ4n) is 2.47. The number of rotatable bonds is 4. The number of fused-ring (bicyclic) bond motifs is 1. The van der Waals surface area contributed by atoms with Gasteiger partial charge in [-0.1, -0.05) is 6.07 Å². The third kappa shape index (κ3) is 2.67. The van der Waals surface area contributed by atoms with E-state index >= 15 is 0 Å². The minimum atomic E-state index is -0.318. The highest BCUT2D eigenvalue weighted by Crippen LogP contribution is 2.22. The highest BCUT2D eigenvalue weighted by Gasteiger charge is 2.11. The Kier molecular flexibility index (Phi) is 3.59. The molecule has 118 valence electrons. The lowest BCUT2D eigenvalue weighted by Crippen LogP contribution is -2.03. The van der Waals surface area contributed by atoms with Crippen LogP contribution in [0.1, 0.15) is 5.56 Å². The molecule has 1 N–H and O–H groups in total. The average molecular weight is 320 g/mol. The van der Waals surface area contributed by atoms with Gasteiger partial charge in [-0.3, -0.25) is 4.98 Å². The first kappa shape index (κ1) is 14.3. The number of hydrogen-bond donors (Lipinski definition) is 1. The van der Waals surface area contributed by atoms with Gasteiger partial charge in [0.15, 0.2) is 5.65 Å². The van der Waals surface area contributed by atoms with Crippen LogP contribution in [-0.2, 0) is 6.54 Å². The molecule has 0 aliphatic rings. The summed E-state index contributed by atoms with van der Waals surface area (Å²) in [5.41, 5.74) is 2.32. The van der Waals surface area contributed by atoms with Crippen molar-refractivity contribution in [3.8, 4) is 5.69 Å². The highest BCUT2D eigenvalue weighted by molar-refractivity contribution is 5.87. The molecule has 0 spiro atoms. The summed E-state index contributed by atoms with van der Waals surface area (Å²) in [4.78, 5) is 12.6. The topological polar surface area (TPSA) is 68.5 Å². The van der Waals surface area contributed by atoms with E-state index in [9.17, 15) is 4.39 Å². The van der Waals surface area contributed by atoms with Crippen LogP contribution in [0.2, 0.25) is 0 Å². The monoisotopic (exact) mass is 320 g/mol. The lowest BCUT2D eigenvalue weighted by Gasteiger charge is -2.07. The number of nitrogens with zero attached hydrogens (tertiary/aromatic N) is 5. The lowest BCUT2D eigenvalue weighted by atomic mass is 10.2. The Morgan fingerprint density at radius 1 is 1.08 bits per heavy atom. The Morgan fingerprint density at radius 3 is 2.79 bits per heavy atom. The molecule has 3 aromatic heterocycles. The summed E-state index contributed by atoms with van der Waals surface area (Å²) in [6, 6.07) is 10.1. The zero-order chi connectivity index (χ0) is 16.4. The van der Waals surface area contributed by atoms with Crippen LogP contribution in [0.3, 0.4) is 0 Å². The fraction of sp³-hybridized carbons (Fsp3) is 0.0588. The van der Waals surface area contributed by atoms with Crippen LogP contribution in [0, 0.1) is 5.82 Å². The van der Waals surface area contributed by atoms with Gasteiger partial charge in [0.25, 0.3) is 0 Å². The predicted molar refractivity (Wildman–Crippen MR) is 88.2 cm³/mol. The summed E-state index contributed by atoms with van der Waals surface area (Å²) < 4.78 is 15.1. The zero-order valence-corrected chi connectivity index (χ0v) is 12.6. The molecule has 4 aromatic rings. The van der Waals surface area contributed by atoms with Crippen molar-refractivity contribution in [2.24, 2.45) is 0 Å². The predicted octanol–water partition coefficient (Wildman–Crippen LogP) is 2.96. The molecule has 0 amide bonds. The Hall–Kier alpha value is -3.35. The number of aromatic nitrogens is 5. The maximum Gasteiger partial charge on any atom is 0.168 e. The van der Waals surface area contributed by atoms with Gasteiger partial charge in [0, 0.05) is 18.9 Å². The Labute approximate surface area is 137 Å². The average Bonchev–Trinajstić information content (AvgIpc) is 3.05. The molecule has 6 nitrogen and oxygen atoms in total. The van der Waals surface area contributed by atoms with E-state index in [0.717, 1.165) is 10.9 Å². The van der Waals surface area contributed by atoms with Gasteiger partial charge < -0.3 is 5.32 Å². The van der Waals surface area contributed by atoms with Crippen molar-refractivity contribution in [3.63, 3.8) is 0 Å². The molecule has 0 unspecified atom stereocenters. The van der Waals surface area contributed by atoms with E-state index in [1.807, 2.05) is 12.1 Å². The van der Waals surface area contributed by atoms with Crippen molar-refractivity contribution in [3.05, 3.63) is 72.7 Å². The van der Waals surface area contributed by atoms with Crippen LogP contribution in [0.25, 0.3) is 16.7 Å². The summed E-state index contributed by atoms with van der Waals surface area (Å²) >= 11 is 0. The van der Waals surface area contributed by atoms with Crippen molar-refractivity contribution < 1.29 is 4.39 Å². The highest BCUT2D eigenvalue weighted by atomic mass is 19.1. The quantitative estimate of drug-likeness (QED) is 0.626. The first-order valence-electron chi connectivity index (χ1n) is 7.39. The maximum absolute atomic E-state index is 13.5. The minimum absolute atomic E-state index is 0.318. The minimum Gasteiger partial charge on any atom is -0.365 e. The van der Waals surface area contributed by atoms with E-state index in [4.69, 9.17) is 0 Å². The molecule has 1 aromatic carbocycles. The van der Waals surface area contributed by atoms with Crippen molar-refractivity contribution in [1.82, 2.24) is 24.7 Å². The van der Waals surface area contributed by atoms with E-state index in [2.05, 4.69) is 25.4 Å². The van der Waals surface area contributed by atoms with E-state index in [-0.39, 0.29) is 5.82 Å². The van der Waals surface area contributed by atoms with Crippen LogP contribution in [0.5, 0.6) is 0 Å². The first-order valence-corrected chi connectivity index (χ1v) is 7.39. The molecule has 3 heterocycles. The van der Waals surface area contributed by atoms with Crippen LogP contribution in [0.15, 0.2) is 61.3 Å². The number of halogens is 1. The second-order valence-electron chi connectivity index (χ2n) is 5.20. The SMILES string of the molecule is Fc1cccc(-n2ncc3c(NCc4ccncc4)ncnc32)c1. The van der Waals surface area contributed by atoms with Gasteiger partial charge in [-0.15, -0.1) is 0 Å².